The van der Waals surface area contributed by atoms with Crippen LogP contribution in [0.3, 0.4) is 0 Å². The minimum atomic E-state index is -3.58. The number of aliphatic hydroxyl groups is 1. The molecule has 2 unspecified atom stereocenters. The van der Waals surface area contributed by atoms with Crippen molar-refractivity contribution in [1.82, 2.24) is 4.72 Å². The Morgan fingerprint density at radius 2 is 2.06 bits per heavy atom. The van der Waals surface area contributed by atoms with Crippen molar-refractivity contribution >= 4 is 10.0 Å². The van der Waals surface area contributed by atoms with Crippen molar-refractivity contribution in [3.8, 4) is 5.75 Å². The van der Waals surface area contributed by atoms with Gasteiger partial charge in [-0.1, -0.05) is 6.07 Å². The van der Waals surface area contributed by atoms with Crippen LogP contribution >= 0.6 is 0 Å². The van der Waals surface area contributed by atoms with E-state index in [1.165, 1.54) is 19.2 Å². The van der Waals surface area contributed by atoms with Gasteiger partial charge in [0, 0.05) is 12.1 Å². The van der Waals surface area contributed by atoms with Crippen molar-refractivity contribution in [3.63, 3.8) is 0 Å². The maximum atomic E-state index is 12.0. The van der Waals surface area contributed by atoms with E-state index in [1.807, 2.05) is 0 Å². The summed E-state index contributed by atoms with van der Waals surface area (Å²) >= 11 is 0. The van der Waals surface area contributed by atoms with Gasteiger partial charge in [-0.05, 0) is 32.4 Å². The Morgan fingerprint density at radius 3 is 2.61 bits per heavy atom. The molecule has 0 heterocycles. The van der Waals surface area contributed by atoms with Gasteiger partial charge in [-0.15, -0.1) is 0 Å². The van der Waals surface area contributed by atoms with Crippen molar-refractivity contribution in [2.75, 3.05) is 7.11 Å². The summed E-state index contributed by atoms with van der Waals surface area (Å²) in [6, 6.07) is 5.92. The predicted octanol–water partition coefficient (Wildman–Crippen LogP) is 1.13. The molecule has 5 nitrogen and oxygen atoms in total. The second kappa shape index (κ2) is 6.17. The van der Waals surface area contributed by atoms with Gasteiger partial charge in [0.15, 0.2) is 0 Å². The standard InChI is InChI=1S/C12H19NO4S/c1-9(7-10(2)14)13-18(15,16)12-6-4-5-11(8-12)17-3/h4-6,8-10,13-14H,7H2,1-3H3. The molecule has 1 aromatic rings. The highest BCUT2D eigenvalue weighted by atomic mass is 32.2. The lowest BCUT2D eigenvalue weighted by molar-refractivity contribution is 0.175. The predicted molar refractivity (Wildman–Crippen MR) is 69.1 cm³/mol. The smallest absolute Gasteiger partial charge is 0.240 e. The quantitative estimate of drug-likeness (QED) is 0.815. The molecule has 6 heteroatoms. The maximum Gasteiger partial charge on any atom is 0.240 e. The summed E-state index contributed by atoms with van der Waals surface area (Å²) in [5.41, 5.74) is 0. The molecule has 0 saturated carbocycles. The molecule has 0 radical (unpaired) electrons. The molecule has 0 aliphatic rings. The highest BCUT2D eigenvalue weighted by molar-refractivity contribution is 7.89. The molecule has 102 valence electrons. The van der Waals surface area contributed by atoms with E-state index in [4.69, 9.17) is 4.74 Å². The number of aliphatic hydroxyl groups excluding tert-OH is 1. The highest BCUT2D eigenvalue weighted by Gasteiger charge is 2.18. The Kier molecular flexibility index (Phi) is 5.13. The number of sulfonamides is 1. The van der Waals surface area contributed by atoms with Crippen LogP contribution in [0.4, 0.5) is 0 Å². The molecule has 1 rings (SSSR count). The monoisotopic (exact) mass is 273 g/mol. The first-order valence-electron chi connectivity index (χ1n) is 5.69. The fraction of sp³-hybridized carbons (Fsp3) is 0.500. The van der Waals surface area contributed by atoms with Crippen LogP contribution in [0.1, 0.15) is 20.3 Å². The van der Waals surface area contributed by atoms with Crippen molar-refractivity contribution in [3.05, 3.63) is 24.3 Å². The first-order chi connectivity index (χ1) is 8.35. The van der Waals surface area contributed by atoms with E-state index >= 15 is 0 Å². The lowest BCUT2D eigenvalue weighted by atomic mass is 10.2. The number of benzene rings is 1. The number of ether oxygens (including phenoxy) is 1. The molecule has 0 fully saturated rings. The third kappa shape index (κ3) is 4.29. The van der Waals surface area contributed by atoms with Gasteiger partial charge < -0.3 is 9.84 Å². The Labute approximate surface area is 108 Å². The van der Waals surface area contributed by atoms with E-state index in [0.717, 1.165) is 0 Å². The molecule has 0 spiro atoms. The van der Waals surface area contributed by atoms with Gasteiger partial charge in [-0.25, -0.2) is 13.1 Å². The molecule has 0 saturated heterocycles. The van der Waals surface area contributed by atoms with Crippen molar-refractivity contribution in [2.45, 2.75) is 37.3 Å². The number of methoxy groups -OCH3 is 1. The van der Waals surface area contributed by atoms with Crippen LogP contribution < -0.4 is 9.46 Å². The Hall–Kier alpha value is -1.11. The van der Waals surface area contributed by atoms with E-state index < -0.39 is 16.1 Å². The van der Waals surface area contributed by atoms with Crippen molar-refractivity contribution in [2.24, 2.45) is 0 Å². The summed E-state index contributed by atoms with van der Waals surface area (Å²) in [7, 11) is -2.10. The Morgan fingerprint density at radius 1 is 1.39 bits per heavy atom. The van der Waals surface area contributed by atoms with Gasteiger partial charge >= 0.3 is 0 Å². The molecule has 2 N–H and O–H groups in total. The van der Waals surface area contributed by atoms with Crippen LogP contribution in [0.25, 0.3) is 0 Å². The third-order valence-electron chi connectivity index (χ3n) is 2.40. The van der Waals surface area contributed by atoms with E-state index in [0.29, 0.717) is 12.2 Å². The number of hydrogen-bond donors (Lipinski definition) is 2. The van der Waals surface area contributed by atoms with Gasteiger partial charge in [0.2, 0.25) is 10.0 Å². The minimum Gasteiger partial charge on any atom is -0.497 e. The minimum absolute atomic E-state index is 0.152. The molecule has 0 aromatic heterocycles. The summed E-state index contributed by atoms with van der Waals surface area (Å²) in [5, 5.41) is 9.22. The topological polar surface area (TPSA) is 75.6 Å². The number of nitrogens with one attached hydrogen (secondary N) is 1. The zero-order valence-corrected chi connectivity index (χ0v) is 11.6. The van der Waals surface area contributed by atoms with Crippen LogP contribution in [0.15, 0.2) is 29.2 Å². The molecule has 0 aliphatic heterocycles. The SMILES string of the molecule is COc1cccc(S(=O)(=O)NC(C)CC(C)O)c1. The lowest BCUT2D eigenvalue weighted by Crippen LogP contribution is -2.34. The van der Waals surface area contributed by atoms with Gasteiger partial charge in [0.25, 0.3) is 0 Å². The fourth-order valence-corrected chi connectivity index (χ4v) is 2.95. The summed E-state index contributed by atoms with van der Waals surface area (Å²) in [4.78, 5) is 0.152. The zero-order chi connectivity index (χ0) is 13.8. The van der Waals surface area contributed by atoms with Gasteiger partial charge in [-0.2, -0.15) is 0 Å². The normalized spacial score (nSPS) is 15.1. The fourth-order valence-electron chi connectivity index (χ4n) is 1.66. The first kappa shape index (κ1) is 14.9. The Bertz CT molecular complexity index is 485. The molecule has 2 atom stereocenters. The van der Waals surface area contributed by atoms with Gasteiger partial charge in [-0.3, -0.25) is 0 Å². The second-order valence-corrected chi connectivity index (χ2v) is 6.00. The van der Waals surface area contributed by atoms with Gasteiger partial charge in [0.1, 0.15) is 5.75 Å². The van der Waals surface area contributed by atoms with Crippen LogP contribution in [-0.2, 0) is 10.0 Å². The summed E-state index contributed by atoms with van der Waals surface area (Å²) in [6.07, 6.45) is -0.184. The average molecular weight is 273 g/mol. The summed E-state index contributed by atoms with van der Waals surface area (Å²) in [5.74, 6) is 0.487. The highest BCUT2D eigenvalue weighted by Crippen LogP contribution is 2.17. The second-order valence-electron chi connectivity index (χ2n) is 4.29. The average Bonchev–Trinajstić information content (AvgIpc) is 2.27. The van der Waals surface area contributed by atoms with E-state index in [9.17, 15) is 13.5 Å². The maximum absolute atomic E-state index is 12.0. The largest absolute Gasteiger partial charge is 0.497 e. The van der Waals surface area contributed by atoms with E-state index in [1.54, 1.807) is 26.0 Å². The van der Waals surface area contributed by atoms with Gasteiger partial charge in [0.05, 0.1) is 18.1 Å². The number of hydrogen-bond acceptors (Lipinski definition) is 4. The van der Waals surface area contributed by atoms with Crippen LogP contribution in [-0.4, -0.2) is 32.8 Å². The number of rotatable bonds is 6. The van der Waals surface area contributed by atoms with Crippen LogP contribution in [0.5, 0.6) is 5.75 Å². The van der Waals surface area contributed by atoms with Crippen molar-refractivity contribution < 1.29 is 18.3 Å². The zero-order valence-electron chi connectivity index (χ0n) is 10.8. The molecule has 0 aliphatic carbocycles. The van der Waals surface area contributed by atoms with Crippen molar-refractivity contribution in [1.29, 1.82) is 0 Å². The molecule has 0 amide bonds. The molecule has 0 bridgehead atoms. The molecule has 1 aromatic carbocycles. The van der Waals surface area contributed by atoms with Crippen LogP contribution in [0, 0.1) is 0 Å². The lowest BCUT2D eigenvalue weighted by Gasteiger charge is -2.15. The first-order valence-corrected chi connectivity index (χ1v) is 7.18. The summed E-state index contributed by atoms with van der Waals surface area (Å²) in [6.45, 7) is 3.33. The van der Waals surface area contributed by atoms with E-state index in [2.05, 4.69) is 4.72 Å². The molecular weight excluding hydrogens is 254 g/mol. The Balaban J connectivity index is 2.85. The third-order valence-corrected chi connectivity index (χ3v) is 3.99. The van der Waals surface area contributed by atoms with E-state index in [-0.39, 0.29) is 10.9 Å². The molecule has 18 heavy (non-hydrogen) atoms. The summed E-state index contributed by atoms with van der Waals surface area (Å²) < 4.78 is 31.6. The van der Waals surface area contributed by atoms with Crippen LogP contribution in [0.2, 0.25) is 0 Å². The molecular formula is C12H19NO4S.